The van der Waals surface area contributed by atoms with E-state index in [1.807, 2.05) is 19.1 Å². The van der Waals surface area contributed by atoms with Crippen molar-refractivity contribution in [3.8, 4) is 5.75 Å². The third-order valence-corrected chi connectivity index (χ3v) is 7.23. The van der Waals surface area contributed by atoms with Gasteiger partial charge in [-0.1, -0.05) is 45.0 Å². The number of carbonyl (C=O) groups is 1. The summed E-state index contributed by atoms with van der Waals surface area (Å²) in [4.78, 5) is 15.1. The number of benzene rings is 2. The lowest BCUT2D eigenvalue weighted by atomic mass is 10.0. The van der Waals surface area contributed by atoms with Crippen LogP contribution in [0.2, 0.25) is 0 Å². The van der Waals surface area contributed by atoms with E-state index >= 15 is 0 Å². The molecule has 6 heteroatoms. The van der Waals surface area contributed by atoms with Crippen molar-refractivity contribution >= 4 is 15.7 Å². The number of sulfone groups is 1. The van der Waals surface area contributed by atoms with Crippen molar-refractivity contribution in [2.24, 2.45) is 0 Å². The quantitative estimate of drug-likeness (QED) is 0.623. The Bertz CT molecular complexity index is 950. The van der Waals surface area contributed by atoms with Crippen LogP contribution in [0.25, 0.3) is 0 Å². The fourth-order valence-corrected chi connectivity index (χ4v) is 5.40. The van der Waals surface area contributed by atoms with Crippen LogP contribution in [-0.4, -0.2) is 43.4 Å². The van der Waals surface area contributed by atoms with Crippen molar-refractivity contribution < 1.29 is 17.9 Å². The minimum atomic E-state index is -3.10. The van der Waals surface area contributed by atoms with E-state index < -0.39 is 9.84 Å². The van der Waals surface area contributed by atoms with Gasteiger partial charge in [0.15, 0.2) is 9.84 Å². The maximum Gasteiger partial charge on any atom is 0.254 e. The highest BCUT2D eigenvalue weighted by Gasteiger charge is 2.35. The first-order valence-electron chi connectivity index (χ1n) is 10.6. The minimum Gasteiger partial charge on any atom is -0.494 e. The molecule has 0 aromatic heterocycles. The van der Waals surface area contributed by atoms with Crippen LogP contribution in [-0.2, 0) is 16.4 Å². The molecule has 1 aliphatic heterocycles. The Kier molecular flexibility index (Phi) is 7.19. The van der Waals surface area contributed by atoms with Crippen molar-refractivity contribution in [1.82, 2.24) is 4.90 Å². The summed E-state index contributed by atoms with van der Waals surface area (Å²) in [5.74, 6) is 1.18. The van der Waals surface area contributed by atoms with Gasteiger partial charge in [0.2, 0.25) is 0 Å². The molecule has 0 N–H and O–H groups in total. The van der Waals surface area contributed by atoms with E-state index in [2.05, 4.69) is 26.0 Å². The van der Waals surface area contributed by atoms with Gasteiger partial charge in [0.25, 0.3) is 5.91 Å². The molecule has 3 rings (SSSR count). The van der Waals surface area contributed by atoms with Gasteiger partial charge in [0, 0.05) is 18.2 Å². The Balaban J connectivity index is 1.82. The molecular weight excluding hydrogens is 398 g/mol. The average molecular weight is 430 g/mol. The lowest BCUT2D eigenvalue weighted by molar-refractivity contribution is 0.0681. The van der Waals surface area contributed by atoms with Crippen LogP contribution in [0.3, 0.4) is 0 Å². The summed E-state index contributed by atoms with van der Waals surface area (Å²) >= 11 is 0. The zero-order chi connectivity index (χ0) is 21.7. The summed E-state index contributed by atoms with van der Waals surface area (Å²) in [5, 5.41) is 0. The molecule has 30 heavy (non-hydrogen) atoms. The Morgan fingerprint density at radius 1 is 1.10 bits per heavy atom. The van der Waals surface area contributed by atoms with Crippen LogP contribution in [0, 0.1) is 0 Å². The molecule has 0 saturated carbocycles. The van der Waals surface area contributed by atoms with Gasteiger partial charge < -0.3 is 9.64 Å². The van der Waals surface area contributed by atoms with E-state index in [-0.39, 0.29) is 23.5 Å². The average Bonchev–Trinajstić information content (AvgIpc) is 3.10. The van der Waals surface area contributed by atoms with Crippen LogP contribution in [0.1, 0.15) is 61.0 Å². The van der Waals surface area contributed by atoms with Crippen LogP contribution < -0.4 is 4.74 Å². The third kappa shape index (κ3) is 5.63. The number of rotatable bonds is 8. The molecule has 1 aliphatic rings. The smallest absolute Gasteiger partial charge is 0.254 e. The standard InChI is InChI=1S/C24H31NO4S/c1-4-14-29-23-11-9-21(10-12-23)24(26)25(22-13-15-30(27,28)17-22)16-19-5-7-20(8-6-19)18(2)3/h5-12,18,22H,4,13-17H2,1-3H3/t22-/m0/s1. The largest absolute Gasteiger partial charge is 0.494 e. The highest BCUT2D eigenvalue weighted by molar-refractivity contribution is 7.91. The van der Waals surface area contributed by atoms with Gasteiger partial charge in [-0.05, 0) is 54.2 Å². The van der Waals surface area contributed by atoms with Gasteiger partial charge in [0.1, 0.15) is 5.75 Å². The summed E-state index contributed by atoms with van der Waals surface area (Å²) in [6.07, 6.45) is 1.40. The highest BCUT2D eigenvalue weighted by atomic mass is 32.2. The Morgan fingerprint density at radius 3 is 2.30 bits per heavy atom. The van der Waals surface area contributed by atoms with E-state index in [1.165, 1.54) is 5.56 Å². The van der Waals surface area contributed by atoms with Crippen LogP contribution >= 0.6 is 0 Å². The van der Waals surface area contributed by atoms with Gasteiger partial charge in [-0.15, -0.1) is 0 Å². The van der Waals surface area contributed by atoms with Crippen molar-refractivity contribution in [1.29, 1.82) is 0 Å². The molecule has 0 unspecified atom stereocenters. The molecule has 5 nitrogen and oxygen atoms in total. The van der Waals surface area contributed by atoms with Crippen molar-refractivity contribution in [2.75, 3.05) is 18.1 Å². The second-order valence-electron chi connectivity index (χ2n) is 8.26. The van der Waals surface area contributed by atoms with Gasteiger partial charge in [-0.25, -0.2) is 8.42 Å². The highest BCUT2D eigenvalue weighted by Crippen LogP contribution is 2.24. The maximum absolute atomic E-state index is 13.3. The molecule has 0 radical (unpaired) electrons. The van der Waals surface area contributed by atoms with Crippen LogP contribution in [0.15, 0.2) is 48.5 Å². The topological polar surface area (TPSA) is 63.7 Å². The molecular formula is C24H31NO4S. The van der Waals surface area contributed by atoms with Crippen molar-refractivity contribution in [3.63, 3.8) is 0 Å². The molecule has 0 spiro atoms. The first kappa shape index (κ1) is 22.3. The fraction of sp³-hybridized carbons (Fsp3) is 0.458. The lowest BCUT2D eigenvalue weighted by Crippen LogP contribution is -2.40. The number of amides is 1. The second kappa shape index (κ2) is 9.65. The minimum absolute atomic E-state index is 0.0283. The SMILES string of the molecule is CCCOc1ccc(C(=O)N(Cc2ccc(C(C)C)cc2)[C@H]2CCS(=O)(=O)C2)cc1. The van der Waals surface area contributed by atoms with Gasteiger partial charge in [0.05, 0.1) is 18.1 Å². The summed E-state index contributed by atoms with van der Waals surface area (Å²) < 4.78 is 29.7. The Labute approximate surface area is 180 Å². The molecule has 0 bridgehead atoms. The Morgan fingerprint density at radius 2 is 1.77 bits per heavy atom. The van der Waals surface area contributed by atoms with E-state index in [1.54, 1.807) is 29.2 Å². The van der Waals surface area contributed by atoms with E-state index in [0.717, 1.165) is 17.7 Å². The first-order valence-corrected chi connectivity index (χ1v) is 12.4. The monoisotopic (exact) mass is 429 g/mol. The molecule has 1 fully saturated rings. The second-order valence-corrected chi connectivity index (χ2v) is 10.5. The van der Waals surface area contributed by atoms with Crippen LogP contribution in [0.5, 0.6) is 5.75 Å². The van der Waals surface area contributed by atoms with Crippen molar-refractivity contribution in [3.05, 3.63) is 65.2 Å². The number of nitrogens with zero attached hydrogens (tertiary/aromatic N) is 1. The summed E-state index contributed by atoms with van der Waals surface area (Å²) in [6.45, 7) is 7.35. The van der Waals surface area contributed by atoms with Crippen molar-refractivity contribution in [2.45, 2.75) is 52.1 Å². The number of hydrogen-bond donors (Lipinski definition) is 0. The van der Waals surface area contributed by atoms with Crippen LogP contribution in [0.4, 0.5) is 0 Å². The van der Waals surface area contributed by atoms with Gasteiger partial charge >= 0.3 is 0 Å². The predicted molar refractivity (Wildman–Crippen MR) is 120 cm³/mol. The lowest BCUT2D eigenvalue weighted by Gasteiger charge is -2.29. The molecule has 1 heterocycles. The molecule has 1 saturated heterocycles. The summed E-state index contributed by atoms with van der Waals surface area (Å²) in [7, 11) is -3.10. The number of ether oxygens (including phenoxy) is 1. The zero-order valence-electron chi connectivity index (χ0n) is 18.0. The number of carbonyl (C=O) groups excluding carboxylic acids is 1. The first-order chi connectivity index (χ1) is 14.3. The van der Waals surface area contributed by atoms with E-state index in [9.17, 15) is 13.2 Å². The van der Waals surface area contributed by atoms with E-state index in [0.29, 0.717) is 31.1 Å². The summed E-state index contributed by atoms with van der Waals surface area (Å²) in [5.41, 5.74) is 2.78. The third-order valence-electron chi connectivity index (χ3n) is 5.48. The maximum atomic E-state index is 13.3. The molecule has 1 atom stereocenters. The zero-order valence-corrected chi connectivity index (χ0v) is 18.8. The molecule has 0 aliphatic carbocycles. The molecule has 2 aromatic rings. The fourth-order valence-electron chi connectivity index (χ4n) is 3.67. The number of hydrogen-bond acceptors (Lipinski definition) is 4. The molecule has 2 aromatic carbocycles. The molecule has 162 valence electrons. The molecule has 1 amide bonds. The Hall–Kier alpha value is -2.34. The summed E-state index contributed by atoms with van der Waals surface area (Å²) in [6, 6.07) is 15.0. The predicted octanol–water partition coefficient (Wildman–Crippen LogP) is 4.43. The van der Waals surface area contributed by atoms with Gasteiger partial charge in [-0.2, -0.15) is 0 Å². The normalized spacial score (nSPS) is 17.8. The van der Waals surface area contributed by atoms with Gasteiger partial charge in [-0.3, -0.25) is 4.79 Å². The van der Waals surface area contributed by atoms with E-state index in [4.69, 9.17) is 4.74 Å².